The van der Waals surface area contributed by atoms with Gasteiger partial charge in [-0.1, -0.05) is 30.3 Å². The summed E-state index contributed by atoms with van der Waals surface area (Å²) >= 11 is 0. The molecule has 1 N–H and O–H groups in total. The number of carbonyl (C=O) groups excluding carboxylic acids is 1. The highest BCUT2D eigenvalue weighted by molar-refractivity contribution is 5.94. The van der Waals surface area contributed by atoms with Crippen LogP contribution >= 0.6 is 0 Å². The molecule has 1 fully saturated rings. The summed E-state index contributed by atoms with van der Waals surface area (Å²) in [6, 6.07) is 21.6. The van der Waals surface area contributed by atoms with Gasteiger partial charge in [-0.2, -0.15) is 0 Å². The van der Waals surface area contributed by atoms with E-state index in [1.165, 1.54) is 12.8 Å². The summed E-state index contributed by atoms with van der Waals surface area (Å²) < 4.78 is 11.2. The van der Waals surface area contributed by atoms with Crippen molar-refractivity contribution in [2.45, 2.75) is 25.9 Å². The van der Waals surface area contributed by atoms with Crippen molar-refractivity contribution < 1.29 is 13.9 Å². The fourth-order valence-electron chi connectivity index (χ4n) is 3.91. The van der Waals surface area contributed by atoms with Crippen LogP contribution in [-0.4, -0.2) is 30.5 Å². The zero-order valence-corrected chi connectivity index (χ0v) is 17.1. The monoisotopic (exact) mass is 404 g/mol. The van der Waals surface area contributed by atoms with Gasteiger partial charge in [0.2, 0.25) is 0 Å². The molecule has 0 saturated carbocycles. The Morgan fingerprint density at radius 1 is 1.10 bits per heavy atom. The van der Waals surface area contributed by atoms with Gasteiger partial charge in [-0.15, -0.1) is 0 Å². The van der Waals surface area contributed by atoms with Gasteiger partial charge in [0.05, 0.1) is 19.4 Å². The first-order chi connectivity index (χ1) is 14.8. The summed E-state index contributed by atoms with van der Waals surface area (Å²) in [7, 11) is 0. The highest BCUT2D eigenvalue weighted by atomic mass is 16.5. The Kier molecular flexibility index (Phi) is 6.83. The molecule has 1 aliphatic heterocycles. The first-order valence-electron chi connectivity index (χ1n) is 10.6. The van der Waals surface area contributed by atoms with Crippen molar-refractivity contribution in [3.8, 4) is 5.75 Å². The highest BCUT2D eigenvalue weighted by Gasteiger charge is 2.21. The lowest BCUT2D eigenvalue weighted by molar-refractivity contribution is 0.0947. The van der Waals surface area contributed by atoms with Crippen molar-refractivity contribution in [1.82, 2.24) is 10.2 Å². The number of likely N-dealkylation sites (tertiary alicyclic amines) is 1. The fourth-order valence-corrected chi connectivity index (χ4v) is 3.91. The van der Waals surface area contributed by atoms with Gasteiger partial charge in [0.15, 0.2) is 0 Å². The van der Waals surface area contributed by atoms with E-state index in [9.17, 15) is 4.79 Å². The van der Waals surface area contributed by atoms with E-state index in [1.807, 2.05) is 60.7 Å². The minimum atomic E-state index is -0.0824. The molecule has 1 atom stereocenters. The second kappa shape index (κ2) is 10.1. The van der Waals surface area contributed by atoms with Crippen molar-refractivity contribution in [2.75, 3.05) is 19.7 Å². The van der Waals surface area contributed by atoms with Crippen LogP contribution in [0.5, 0.6) is 5.75 Å². The zero-order valence-electron chi connectivity index (χ0n) is 17.1. The van der Waals surface area contributed by atoms with Gasteiger partial charge in [0.25, 0.3) is 5.91 Å². The molecule has 5 nitrogen and oxygen atoms in total. The number of carbonyl (C=O) groups is 1. The summed E-state index contributed by atoms with van der Waals surface area (Å²) in [6.45, 7) is 4.08. The maximum atomic E-state index is 12.5. The molecule has 0 spiro atoms. The third-order valence-corrected chi connectivity index (χ3v) is 5.43. The molecule has 2 aromatic carbocycles. The molecule has 30 heavy (non-hydrogen) atoms. The van der Waals surface area contributed by atoms with Crippen LogP contribution in [0.15, 0.2) is 77.4 Å². The van der Waals surface area contributed by atoms with Gasteiger partial charge in [-0.3, -0.25) is 9.69 Å². The van der Waals surface area contributed by atoms with Gasteiger partial charge in [0, 0.05) is 24.6 Å². The fraction of sp³-hybridized carbons (Fsp3) is 0.320. The molecule has 1 amide bonds. The molecular formula is C25H28N2O3. The smallest absolute Gasteiger partial charge is 0.251 e. The lowest BCUT2D eigenvalue weighted by Gasteiger charge is -2.32. The number of para-hydroxylation sites is 1. The summed E-state index contributed by atoms with van der Waals surface area (Å²) in [4.78, 5) is 14.9. The molecule has 156 valence electrons. The summed E-state index contributed by atoms with van der Waals surface area (Å²) in [5, 5.41) is 2.91. The van der Waals surface area contributed by atoms with Gasteiger partial charge < -0.3 is 14.5 Å². The van der Waals surface area contributed by atoms with Crippen LogP contribution in [0.4, 0.5) is 0 Å². The summed E-state index contributed by atoms with van der Waals surface area (Å²) in [5.41, 5.74) is 1.84. The van der Waals surface area contributed by atoms with Gasteiger partial charge in [-0.05, 0) is 61.3 Å². The standard InChI is InChI=1S/C25H28N2O3/c28-25(26-16-24-12-6-14-29-24)22-9-4-7-20(15-22)17-27-13-5-8-21(18-27)19-30-23-10-2-1-3-11-23/h1-4,6-7,9-12,14-15,21H,5,8,13,16-19H2,(H,26,28). The first kappa shape index (κ1) is 20.2. The van der Waals surface area contributed by atoms with Crippen molar-refractivity contribution in [2.24, 2.45) is 5.92 Å². The SMILES string of the molecule is O=C(NCc1ccco1)c1cccc(CN2CCCC(COc3ccccc3)C2)c1. The first-order valence-corrected chi connectivity index (χ1v) is 10.6. The van der Waals surface area contributed by atoms with Crippen LogP contribution in [-0.2, 0) is 13.1 Å². The van der Waals surface area contributed by atoms with E-state index < -0.39 is 0 Å². The van der Waals surface area contributed by atoms with Gasteiger partial charge in [-0.25, -0.2) is 0 Å². The van der Waals surface area contributed by atoms with E-state index in [0.29, 0.717) is 18.0 Å². The van der Waals surface area contributed by atoms with Crippen LogP contribution in [0.1, 0.15) is 34.5 Å². The molecule has 2 heterocycles. The number of nitrogens with zero attached hydrogens (tertiary/aromatic N) is 1. The van der Waals surface area contributed by atoms with Crippen molar-refractivity contribution in [3.63, 3.8) is 0 Å². The maximum Gasteiger partial charge on any atom is 0.251 e. The highest BCUT2D eigenvalue weighted by Crippen LogP contribution is 2.21. The van der Waals surface area contributed by atoms with E-state index in [0.717, 1.165) is 43.3 Å². The Labute approximate surface area is 177 Å². The topological polar surface area (TPSA) is 54.7 Å². The normalized spacial score (nSPS) is 16.9. The van der Waals surface area contributed by atoms with E-state index in [1.54, 1.807) is 6.26 Å². The zero-order chi connectivity index (χ0) is 20.6. The number of benzene rings is 2. The van der Waals surface area contributed by atoms with Crippen LogP contribution in [0.2, 0.25) is 0 Å². The number of hydrogen-bond acceptors (Lipinski definition) is 4. The van der Waals surface area contributed by atoms with E-state index >= 15 is 0 Å². The van der Waals surface area contributed by atoms with Gasteiger partial charge in [0.1, 0.15) is 11.5 Å². The Balaban J connectivity index is 1.29. The second-order valence-electron chi connectivity index (χ2n) is 7.83. The predicted octanol–water partition coefficient (Wildman–Crippen LogP) is 4.50. The van der Waals surface area contributed by atoms with Gasteiger partial charge >= 0.3 is 0 Å². The molecule has 4 rings (SSSR count). The van der Waals surface area contributed by atoms with E-state index in [-0.39, 0.29) is 5.91 Å². The molecule has 0 aliphatic carbocycles. The number of nitrogens with one attached hydrogen (secondary N) is 1. The molecule has 3 aromatic rings. The van der Waals surface area contributed by atoms with Crippen LogP contribution in [0.3, 0.4) is 0 Å². The lowest BCUT2D eigenvalue weighted by Crippen LogP contribution is -2.37. The minimum Gasteiger partial charge on any atom is -0.493 e. The third kappa shape index (κ3) is 5.74. The Hall–Kier alpha value is -3.05. The van der Waals surface area contributed by atoms with Crippen LogP contribution in [0.25, 0.3) is 0 Å². The summed E-state index contributed by atoms with van der Waals surface area (Å²) in [6.07, 6.45) is 3.98. The number of rotatable bonds is 8. The molecule has 1 saturated heterocycles. The predicted molar refractivity (Wildman–Crippen MR) is 116 cm³/mol. The number of amides is 1. The third-order valence-electron chi connectivity index (χ3n) is 5.43. The number of furan rings is 1. The lowest BCUT2D eigenvalue weighted by atomic mass is 9.98. The largest absolute Gasteiger partial charge is 0.493 e. The molecule has 1 unspecified atom stereocenters. The maximum absolute atomic E-state index is 12.5. The van der Waals surface area contributed by atoms with E-state index in [2.05, 4.69) is 16.3 Å². The average molecular weight is 405 g/mol. The van der Waals surface area contributed by atoms with Crippen molar-refractivity contribution in [1.29, 1.82) is 0 Å². The van der Waals surface area contributed by atoms with Crippen molar-refractivity contribution in [3.05, 3.63) is 89.9 Å². The molecule has 0 bridgehead atoms. The quantitative estimate of drug-likeness (QED) is 0.601. The second-order valence-corrected chi connectivity index (χ2v) is 7.83. The van der Waals surface area contributed by atoms with Crippen molar-refractivity contribution >= 4 is 5.91 Å². The molecule has 1 aromatic heterocycles. The molecule has 0 radical (unpaired) electrons. The van der Waals surface area contributed by atoms with Crippen LogP contribution < -0.4 is 10.1 Å². The minimum absolute atomic E-state index is 0.0824. The molecule has 1 aliphatic rings. The number of ether oxygens (including phenoxy) is 1. The Bertz CT molecular complexity index is 925. The Morgan fingerprint density at radius 3 is 2.83 bits per heavy atom. The average Bonchev–Trinajstić information content (AvgIpc) is 3.31. The molecule has 5 heteroatoms. The van der Waals surface area contributed by atoms with Crippen LogP contribution in [0, 0.1) is 5.92 Å². The molecular weight excluding hydrogens is 376 g/mol. The summed E-state index contributed by atoms with van der Waals surface area (Å²) in [5.74, 6) is 2.12. The number of piperidine rings is 1. The number of hydrogen-bond donors (Lipinski definition) is 1. The Morgan fingerprint density at radius 2 is 2.00 bits per heavy atom. The van der Waals surface area contributed by atoms with E-state index in [4.69, 9.17) is 9.15 Å².